The molecule has 0 saturated carbocycles. The van der Waals surface area contributed by atoms with E-state index in [-0.39, 0.29) is 12.5 Å². The van der Waals surface area contributed by atoms with Crippen molar-refractivity contribution in [3.63, 3.8) is 0 Å². The van der Waals surface area contributed by atoms with Gasteiger partial charge in [-0.2, -0.15) is 0 Å². The lowest BCUT2D eigenvalue weighted by Crippen LogP contribution is -2.12. The first kappa shape index (κ1) is 12.2. The molecule has 0 aliphatic heterocycles. The van der Waals surface area contributed by atoms with Crippen LogP contribution in [0.5, 0.6) is 0 Å². The van der Waals surface area contributed by atoms with E-state index in [0.717, 1.165) is 24.1 Å². The van der Waals surface area contributed by atoms with Crippen molar-refractivity contribution < 1.29 is 9.90 Å². The molecular formula is C11H14BrNO2. The summed E-state index contributed by atoms with van der Waals surface area (Å²) in [6.45, 7) is 0.192. The Labute approximate surface area is 97.6 Å². The van der Waals surface area contributed by atoms with Gasteiger partial charge in [-0.05, 0) is 30.5 Å². The highest BCUT2D eigenvalue weighted by Crippen LogP contribution is 2.12. The number of carbonyl (C=O) groups is 1. The summed E-state index contributed by atoms with van der Waals surface area (Å²) in [5.74, 6) is -0.0608. The fraction of sp³-hybridized carbons (Fsp3) is 0.364. The summed E-state index contributed by atoms with van der Waals surface area (Å²) in [5, 5.41) is 11.8. The highest BCUT2D eigenvalue weighted by molar-refractivity contribution is 9.09. The molecule has 0 aromatic heterocycles. The Kier molecular flexibility index (Phi) is 5.36. The molecule has 82 valence electrons. The van der Waals surface area contributed by atoms with Crippen molar-refractivity contribution in [2.45, 2.75) is 12.8 Å². The Bertz CT molecular complexity index is 328. The molecule has 0 atom stereocenters. The smallest absolute Gasteiger partial charge is 0.235 e. The molecule has 0 saturated heterocycles. The summed E-state index contributed by atoms with van der Waals surface area (Å²) in [6, 6.07) is 7.66. The van der Waals surface area contributed by atoms with Gasteiger partial charge in [-0.15, -0.1) is 0 Å². The minimum absolute atomic E-state index is 0.0608. The van der Waals surface area contributed by atoms with Crippen LogP contribution >= 0.6 is 15.9 Å². The maximum absolute atomic E-state index is 11.1. The molecule has 4 heteroatoms. The monoisotopic (exact) mass is 271 g/mol. The topological polar surface area (TPSA) is 49.3 Å². The lowest BCUT2D eigenvalue weighted by Gasteiger charge is -2.05. The number of nitrogens with one attached hydrogen (secondary N) is 1. The van der Waals surface area contributed by atoms with Crippen LogP contribution in [0.15, 0.2) is 24.3 Å². The quantitative estimate of drug-likeness (QED) is 0.805. The molecule has 3 nitrogen and oxygen atoms in total. The third-order valence-electron chi connectivity index (χ3n) is 1.96. The van der Waals surface area contributed by atoms with E-state index in [4.69, 9.17) is 5.11 Å². The first-order chi connectivity index (χ1) is 7.26. The number of aliphatic hydroxyl groups is 1. The number of hydrogen-bond acceptors (Lipinski definition) is 2. The number of benzene rings is 1. The van der Waals surface area contributed by atoms with Gasteiger partial charge < -0.3 is 10.4 Å². The van der Waals surface area contributed by atoms with Crippen LogP contribution in [-0.4, -0.2) is 23.0 Å². The minimum atomic E-state index is -0.0608. The van der Waals surface area contributed by atoms with Crippen molar-refractivity contribution in [1.29, 1.82) is 0 Å². The number of amides is 1. The summed E-state index contributed by atoms with van der Waals surface area (Å²) < 4.78 is 0. The van der Waals surface area contributed by atoms with Crippen LogP contribution < -0.4 is 5.32 Å². The van der Waals surface area contributed by atoms with Gasteiger partial charge in [0.2, 0.25) is 5.91 Å². The second kappa shape index (κ2) is 6.58. The average molecular weight is 272 g/mol. The van der Waals surface area contributed by atoms with Crippen molar-refractivity contribution in [2.75, 3.05) is 17.3 Å². The molecule has 0 fully saturated rings. The van der Waals surface area contributed by atoms with Crippen LogP contribution in [0.1, 0.15) is 12.0 Å². The van der Waals surface area contributed by atoms with E-state index in [1.165, 1.54) is 0 Å². The molecule has 0 unspecified atom stereocenters. The Hall–Kier alpha value is -0.870. The van der Waals surface area contributed by atoms with E-state index in [1.54, 1.807) is 0 Å². The Morgan fingerprint density at radius 2 is 2.27 bits per heavy atom. The Balaban J connectivity index is 2.61. The molecule has 0 bridgehead atoms. The summed E-state index contributed by atoms with van der Waals surface area (Å²) in [5.41, 5.74) is 1.92. The lowest BCUT2D eigenvalue weighted by atomic mass is 10.1. The van der Waals surface area contributed by atoms with E-state index >= 15 is 0 Å². The van der Waals surface area contributed by atoms with Crippen LogP contribution in [0.3, 0.4) is 0 Å². The SMILES string of the molecule is O=C(CBr)Nc1cccc(CCCO)c1. The predicted octanol–water partition coefficient (Wildman–Crippen LogP) is 1.94. The predicted molar refractivity (Wildman–Crippen MR) is 64.3 cm³/mol. The van der Waals surface area contributed by atoms with Crippen molar-refractivity contribution >= 4 is 27.5 Å². The summed E-state index contributed by atoms with van der Waals surface area (Å²) in [7, 11) is 0. The van der Waals surface area contributed by atoms with E-state index in [9.17, 15) is 4.79 Å². The first-order valence-corrected chi connectivity index (χ1v) is 5.94. The summed E-state index contributed by atoms with van der Waals surface area (Å²) in [4.78, 5) is 11.1. The first-order valence-electron chi connectivity index (χ1n) is 4.82. The molecule has 1 aromatic rings. The maximum Gasteiger partial charge on any atom is 0.235 e. The standard InChI is InChI=1S/C11H14BrNO2/c12-8-11(15)13-10-5-1-3-9(7-10)4-2-6-14/h1,3,5,7,14H,2,4,6,8H2,(H,13,15). The number of aliphatic hydroxyl groups excluding tert-OH is 1. The lowest BCUT2D eigenvalue weighted by molar-refractivity contribution is -0.113. The molecule has 0 spiro atoms. The zero-order chi connectivity index (χ0) is 11.1. The number of halogens is 1. The second-order valence-electron chi connectivity index (χ2n) is 3.21. The van der Waals surface area contributed by atoms with E-state index in [1.807, 2.05) is 24.3 Å². The van der Waals surface area contributed by atoms with Crippen molar-refractivity contribution in [1.82, 2.24) is 0 Å². The van der Waals surface area contributed by atoms with Gasteiger partial charge in [-0.3, -0.25) is 4.79 Å². The summed E-state index contributed by atoms with van der Waals surface area (Å²) in [6.07, 6.45) is 1.57. The van der Waals surface area contributed by atoms with Gasteiger partial charge in [0.25, 0.3) is 0 Å². The Morgan fingerprint density at radius 3 is 2.93 bits per heavy atom. The highest BCUT2D eigenvalue weighted by atomic mass is 79.9. The van der Waals surface area contributed by atoms with Gasteiger partial charge in [-0.25, -0.2) is 0 Å². The highest BCUT2D eigenvalue weighted by Gasteiger charge is 2.00. The third kappa shape index (κ3) is 4.44. The van der Waals surface area contributed by atoms with Crippen LogP contribution in [0.25, 0.3) is 0 Å². The molecule has 0 aliphatic carbocycles. The van der Waals surface area contributed by atoms with Crippen LogP contribution in [0.2, 0.25) is 0 Å². The van der Waals surface area contributed by atoms with Gasteiger partial charge in [0.1, 0.15) is 0 Å². The van der Waals surface area contributed by atoms with Crippen molar-refractivity contribution in [3.8, 4) is 0 Å². The zero-order valence-electron chi connectivity index (χ0n) is 8.37. The molecule has 1 amide bonds. The average Bonchev–Trinajstić information content (AvgIpc) is 2.26. The van der Waals surface area contributed by atoms with E-state index < -0.39 is 0 Å². The molecule has 0 heterocycles. The molecule has 15 heavy (non-hydrogen) atoms. The second-order valence-corrected chi connectivity index (χ2v) is 3.77. The molecule has 1 rings (SSSR count). The molecule has 1 aromatic carbocycles. The number of anilines is 1. The van der Waals surface area contributed by atoms with Crippen molar-refractivity contribution in [2.24, 2.45) is 0 Å². The van der Waals surface area contributed by atoms with Crippen LogP contribution in [0.4, 0.5) is 5.69 Å². The van der Waals surface area contributed by atoms with Gasteiger partial charge in [0, 0.05) is 12.3 Å². The van der Waals surface area contributed by atoms with Crippen molar-refractivity contribution in [3.05, 3.63) is 29.8 Å². The van der Waals surface area contributed by atoms with Gasteiger partial charge >= 0.3 is 0 Å². The van der Waals surface area contributed by atoms with Gasteiger partial charge in [-0.1, -0.05) is 28.1 Å². The molecule has 2 N–H and O–H groups in total. The summed E-state index contributed by atoms with van der Waals surface area (Å²) >= 11 is 3.09. The molecule has 0 radical (unpaired) electrons. The van der Waals surface area contributed by atoms with Gasteiger partial charge in [0.05, 0.1) is 5.33 Å². The maximum atomic E-state index is 11.1. The fourth-order valence-corrected chi connectivity index (χ4v) is 1.42. The number of hydrogen-bond donors (Lipinski definition) is 2. The number of alkyl halides is 1. The Morgan fingerprint density at radius 1 is 1.47 bits per heavy atom. The van der Waals surface area contributed by atoms with E-state index in [2.05, 4.69) is 21.2 Å². The number of carbonyl (C=O) groups excluding carboxylic acids is 1. The largest absolute Gasteiger partial charge is 0.396 e. The molecular weight excluding hydrogens is 258 g/mol. The zero-order valence-corrected chi connectivity index (χ0v) is 9.96. The third-order valence-corrected chi connectivity index (χ3v) is 2.46. The number of aryl methyl sites for hydroxylation is 1. The molecule has 0 aliphatic rings. The normalized spacial score (nSPS) is 10.0. The van der Waals surface area contributed by atoms with Gasteiger partial charge in [0.15, 0.2) is 0 Å². The minimum Gasteiger partial charge on any atom is -0.396 e. The van der Waals surface area contributed by atoms with Crippen LogP contribution in [-0.2, 0) is 11.2 Å². The van der Waals surface area contributed by atoms with Crippen LogP contribution in [0, 0.1) is 0 Å². The number of rotatable bonds is 5. The van der Waals surface area contributed by atoms with E-state index in [0.29, 0.717) is 5.33 Å². The fourth-order valence-electron chi connectivity index (χ4n) is 1.28.